The summed E-state index contributed by atoms with van der Waals surface area (Å²) in [5.41, 5.74) is 1.11. The lowest BCUT2D eigenvalue weighted by Gasteiger charge is -2.27. The van der Waals surface area contributed by atoms with Gasteiger partial charge in [0.25, 0.3) is 5.91 Å². The van der Waals surface area contributed by atoms with Crippen LogP contribution < -0.4 is 14.4 Å². The van der Waals surface area contributed by atoms with E-state index < -0.39 is 23.5 Å². The molecule has 1 amide bonds. The molecule has 0 spiro atoms. The summed E-state index contributed by atoms with van der Waals surface area (Å²) in [6.45, 7) is 3.65. The highest BCUT2D eigenvalue weighted by atomic mass is 16.5. The van der Waals surface area contributed by atoms with Gasteiger partial charge in [-0.25, -0.2) is 4.57 Å². The van der Waals surface area contributed by atoms with Crippen molar-refractivity contribution in [2.24, 2.45) is 0 Å². The number of benzene rings is 2. The largest absolute Gasteiger partial charge is 0.872 e. The Morgan fingerprint density at radius 1 is 1.12 bits per heavy atom. The van der Waals surface area contributed by atoms with Crippen LogP contribution in [0.1, 0.15) is 36.9 Å². The summed E-state index contributed by atoms with van der Waals surface area (Å²) in [6.07, 6.45) is 7.09. The number of hydrogen-bond donors (Lipinski definition) is 1. The zero-order valence-electron chi connectivity index (χ0n) is 18.6. The lowest BCUT2D eigenvalue weighted by atomic mass is 9.95. The number of hydrogen-bond acceptors (Lipinski definition) is 4. The van der Waals surface area contributed by atoms with Crippen molar-refractivity contribution in [3.63, 3.8) is 0 Å². The van der Waals surface area contributed by atoms with Crippen molar-refractivity contribution in [2.45, 2.75) is 32.4 Å². The molecule has 1 saturated heterocycles. The molecule has 1 atom stereocenters. The number of aryl methyl sites for hydroxylation is 1. The van der Waals surface area contributed by atoms with Gasteiger partial charge in [-0.05, 0) is 29.7 Å². The number of rotatable bonds is 9. The van der Waals surface area contributed by atoms with Crippen molar-refractivity contribution in [2.75, 3.05) is 13.2 Å². The Morgan fingerprint density at radius 2 is 1.88 bits per heavy atom. The highest BCUT2D eigenvalue weighted by Gasteiger charge is 2.43. The Hall–Kier alpha value is -3.87. The Balaban J connectivity index is 1.66. The lowest BCUT2D eigenvalue weighted by Crippen LogP contribution is -2.36. The molecule has 0 saturated carbocycles. The smallest absolute Gasteiger partial charge is 0.295 e. The molecule has 3 aromatic rings. The summed E-state index contributed by atoms with van der Waals surface area (Å²) >= 11 is 0. The molecule has 0 bridgehead atoms. The topological polar surface area (TPSA) is 89.3 Å². The fourth-order valence-electron chi connectivity index (χ4n) is 4.04. The van der Waals surface area contributed by atoms with Gasteiger partial charge in [0, 0.05) is 18.5 Å². The average molecular weight is 446 g/mol. The first-order valence-electron chi connectivity index (χ1n) is 11.2. The van der Waals surface area contributed by atoms with E-state index in [4.69, 9.17) is 4.74 Å². The van der Waals surface area contributed by atoms with Gasteiger partial charge in [0.1, 0.15) is 18.1 Å². The van der Waals surface area contributed by atoms with E-state index in [0.29, 0.717) is 37.4 Å². The van der Waals surface area contributed by atoms with Gasteiger partial charge in [-0.1, -0.05) is 55.1 Å². The zero-order valence-corrected chi connectivity index (χ0v) is 18.6. The Labute approximate surface area is 192 Å². The van der Waals surface area contributed by atoms with E-state index in [1.54, 1.807) is 24.3 Å². The number of nitrogens with one attached hydrogen (secondary N) is 1. The predicted molar refractivity (Wildman–Crippen MR) is 121 cm³/mol. The molecular formula is C26H27N3O4. The summed E-state index contributed by atoms with van der Waals surface area (Å²) < 4.78 is 7.55. The normalized spacial score (nSPS) is 17.5. The van der Waals surface area contributed by atoms with E-state index in [1.165, 1.54) is 4.90 Å². The van der Waals surface area contributed by atoms with Gasteiger partial charge in [0.15, 0.2) is 0 Å². The van der Waals surface area contributed by atoms with E-state index >= 15 is 0 Å². The van der Waals surface area contributed by atoms with Crippen LogP contribution in [-0.2, 0) is 16.1 Å². The number of amides is 1. The predicted octanol–water partition coefficient (Wildman–Crippen LogP) is 2.41. The third-order valence-corrected chi connectivity index (χ3v) is 5.65. The van der Waals surface area contributed by atoms with Crippen LogP contribution in [0.4, 0.5) is 0 Å². The van der Waals surface area contributed by atoms with Crippen molar-refractivity contribution < 1.29 is 24.0 Å². The molecule has 7 heteroatoms. The highest BCUT2D eigenvalue weighted by Crippen LogP contribution is 2.38. The van der Waals surface area contributed by atoms with Crippen molar-refractivity contribution in [3.8, 4) is 5.75 Å². The van der Waals surface area contributed by atoms with Crippen LogP contribution in [0.25, 0.3) is 5.76 Å². The van der Waals surface area contributed by atoms with Gasteiger partial charge in [-0.15, -0.1) is 0 Å². The zero-order chi connectivity index (χ0) is 23.2. The molecule has 170 valence electrons. The monoisotopic (exact) mass is 445 g/mol. The lowest BCUT2D eigenvalue weighted by molar-refractivity contribution is -0.695. The quantitative estimate of drug-likeness (QED) is 0.237. The molecular weight excluding hydrogens is 418 g/mol. The minimum absolute atomic E-state index is 0.00252. The second-order valence-corrected chi connectivity index (χ2v) is 7.96. The van der Waals surface area contributed by atoms with Gasteiger partial charge in [0.2, 0.25) is 12.1 Å². The van der Waals surface area contributed by atoms with Crippen molar-refractivity contribution in [1.82, 2.24) is 9.88 Å². The molecule has 0 radical (unpaired) electrons. The molecule has 0 aliphatic carbocycles. The maximum Gasteiger partial charge on any atom is 0.295 e. The van der Waals surface area contributed by atoms with E-state index in [-0.39, 0.29) is 5.57 Å². The summed E-state index contributed by atoms with van der Waals surface area (Å²) in [5.74, 6) is -1.12. The number of carbonyl (C=O) groups excluding carboxylic acids is 2. The number of ketones is 1. The third kappa shape index (κ3) is 4.82. The Morgan fingerprint density at radius 3 is 2.55 bits per heavy atom. The maximum absolute atomic E-state index is 13.4. The molecule has 33 heavy (non-hydrogen) atoms. The summed E-state index contributed by atoms with van der Waals surface area (Å²) in [4.78, 5) is 30.5. The fourth-order valence-corrected chi connectivity index (χ4v) is 4.04. The number of ether oxygens (including phenoxy) is 1. The molecule has 1 fully saturated rings. The van der Waals surface area contributed by atoms with Crippen LogP contribution in [0.3, 0.4) is 0 Å². The van der Waals surface area contributed by atoms with Gasteiger partial charge in [0.05, 0.1) is 19.2 Å². The first-order chi connectivity index (χ1) is 16.1. The molecule has 1 aromatic heterocycles. The number of aromatic amines is 1. The van der Waals surface area contributed by atoms with Crippen LogP contribution in [0, 0.1) is 0 Å². The van der Waals surface area contributed by atoms with Crippen LogP contribution in [0.15, 0.2) is 78.9 Å². The summed E-state index contributed by atoms with van der Waals surface area (Å²) in [7, 11) is 0. The number of nitrogens with zero attached hydrogens (tertiary/aromatic N) is 2. The van der Waals surface area contributed by atoms with Crippen LogP contribution in [0.2, 0.25) is 0 Å². The molecule has 4 rings (SSSR count). The van der Waals surface area contributed by atoms with Gasteiger partial charge >= 0.3 is 0 Å². The number of H-pyrrole nitrogens is 1. The molecule has 1 N–H and O–H groups in total. The number of aromatic nitrogens is 2. The van der Waals surface area contributed by atoms with Gasteiger partial charge in [-0.2, -0.15) is 0 Å². The van der Waals surface area contributed by atoms with Crippen LogP contribution >= 0.6 is 0 Å². The number of carbonyl (C=O) groups is 2. The third-order valence-electron chi connectivity index (χ3n) is 5.65. The Kier molecular flexibility index (Phi) is 6.88. The standard InChI is InChI=1S/C26H27N3O4/c1-2-17-33-21-11-9-20(10-12-21)24(30)22-23(19-7-4-3-5-8-19)29(26(32)25(22)31)15-6-14-28-16-13-27-18-28/h3-5,7-13,16,18,23H,2,6,14-15,17H2,1H3,(H,30,31). The van der Waals surface area contributed by atoms with E-state index in [1.807, 2.05) is 60.5 Å². The molecule has 1 aliphatic heterocycles. The van der Waals surface area contributed by atoms with Gasteiger partial charge in [-0.3, -0.25) is 14.6 Å². The minimum Gasteiger partial charge on any atom is -0.872 e. The van der Waals surface area contributed by atoms with E-state index in [9.17, 15) is 14.7 Å². The summed E-state index contributed by atoms with van der Waals surface area (Å²) in [6, 6.07) is 15.3. The Bertz CT molecular complexity index is 1120. The first kappa shape index (κ1) is 22.3. The van der Waals surface area contributed by atoms with Crippen molar-refractivity contribution >= 4 is 17.4 Å². The van der Waals surface area contributed by atoms with Crippen LogP contribution in [0.5, 0.6) is 5.75 Å². The summed E-state index contributed by atoms with van der Waals surface area (Å²) in [5, 5.41) is 13.4. The van der Waals surface area contributed by atoms with E-state index in [2.05, 4.69) is 4.98 Å². The average Bonchev–Trinajstić information content (AvgIpc) is 3.45. The maximum atomic E-state index is 13.4. The van der Waals surface area contributed by atoms with Crippen molar-refractivity contribution in [1.29, 1.82) is 0 Å². The molecule has 1 aliphatic rings. The van der Waals surface area contributed by atoms with Crippen molar-refractivity contribution in [3.05, 3.63) is 90.0 Å². The number of imidazole rings is 1. The SMILES string of the molecule is CCCOc1ccc(/C([O-])=C2\C(=O)C(=O)N(CCC[n+]3cc[nH]c3)C2c2ccccc2)cc1. The number of likely N-dealkylation sites (tertiary alicyclic amines) is 1. The van der Waals surface area contributed by atoms with Crippen LogP contribution in [-0.4, -0.2) is 34.7 Å². The second-order valence-electron chi connectivity index (χ2n) is 7.96. The minimum atomic E-state index is -0.727. The molecule has 2 aromatic carbocycles. The fraction of sp³-hybridized carbons (Fsp3) is 0.269. The first-order valence-corrected chi connectivity index (χ1v) is 11.2. The second kappa shape index (κ2) is 10.2. The van der Waals surface area contributed by atoms with E-state index in [0.717, 1.165) is 12.0 Å². The highest BCUT2D eigenvalue weighted by molar-refractivity contribution is 6.46. The molecule has 7 nitrogen and oxygen atoms in total. The molecule has 1 unspecified atom stereocenters. The molecule has 2 heterocycles. The number of Topliss-reactive ketones (excluding diaryl/α,β-unsaturated/α-hetero) is 1. The van der Waals surface area contributed by atoms with Gasteiger partial charge < -0.3 is 14.7 Å².